The fourth-order valence-corrected chi connectivity index (χ4v) is 9.01. The van der Waals surface area contributed by atoms with E-state index in [0.717, 1.165) is 49.9 Å². The maximum atomic E-state index is 11.5. The van der Waals surface area contributed by atoms with Gasteiger partial charge in [-0.1, -0.05) is 13.8 Å². The zero-order valence-electron chi connectivity index (χ0n) is 18.1. The van der Waals surface area contributed by atoms with Crippen LogP contribution in [-0.4, -0.2) is 72.5 Å². The Morgan fingerprint density at radius 3 is 2.46 bits per heavy atom. The van der Waals surface area contributed by atoms with Crippen LogP contribution in [0.4, 0.5) is 0 Å². The van der Waals surface area contributed by atoms with E-state index in [1.54, 1.807) is 0 Å². The van der Waals surface area contributed by atoms with Gasteiger partial charge in [-0.15, -0.1) is 0 Å². The predicted molar refractivity (Wildman–Crippen MR) is 110 cm³/mol. The SMILES string of the molecule is CN1CCN(C2C[C@H]3[C@@H]4CCC5CC6OC6C[C@]5(C)[C@@H]4CC[C@]3(C)C2O)CC1. The van der Waals surface area contributed by atoms with Crippen molar-refractivity contribution in [3.8, 4) is 0 Å². The van der Waals surface area contributed by atoms with E-state index in [9.17, 15) is 5.11 Å². The van der Waals surface area contributed by atoms with Crippen molar-refractivity contribution < 1.29 is 9.84 Å². The Morgan fingerprint density at radius 1 is 0.893 bits per heavy atom. The summed E-state index contributed by atoms with van der Waals surface area (Å²) in [7, 11) is 2.23. The van der Waals surface area contributed by atoms with Crippen LogP contribution in [0.2, 0.25) is 0 Å². The molecule has 2 saturated heterocycles. The maximum Gasteiger partial charge on any atom is 0.0847 e. The molecule has 158 valence electrons. The number of aliphatic hydroxyl groups excluding tert-OH is 1. The Kier molecular flexibility index (Phi) is 4.11. The molecule has 0 aromatic carbocycles. The predicted octanol–water partition coefficient (Wildman–Crippen LogP) is 2.99. The summed E-state index contributed by atoms with van der Waals surface area (Å²) in [5, 5.41) is 11.5. The molecule has 6 fully saturated rings. The van der Waals surface area contributed by atoms with Gasteiger partial charge in [-0.2, -0.15) is 0 Å². The number of aliphatic hydroxyl groups is 1. The smallest absolute Gasteiger partial charge is 0.0847 e. The van der Waals surface area contributed by atoms with Gasteiger partial charge in [0, 0.05) is 32.2 Å². The largest absolute Gasteiger partial charge is 0.391 e. The summed E-state index contributed by atoms with van der Waals surface area (Å²) in [5.74, 6) is 3.32. The topological polar surface area (TPSA) is 39.2 Å². The van der Waals surface area contributed by atoms with Crippen LogP contribution in [-0.2, 0) is 4.74 Å². The van der Waals surface area contributed by atoms with Crippen LogP contribution in [0.1, 0.15) is 58.8 Å². The van der Waals surface area contributed by atoms with Gasteiger partial charge < -0.3 is 14.7 Å². The molecule has 5 unspecified atom stereocenters. The molecule has 0 radical (unpaired) electrons. The number of rotatable bonds is 1. The van der Waals surface area contributed by atoms with Crippen molar-refractivity contribution in [1.29, 1.82) is 0 Å². The van der Waals surface area contributed by atoms with E-state index in [-0.39, 0.29) is 11.5 Å². The van der Waals surface area contributed by atoms with E-state index >= 15 is 0 Å². The summed E-state index contributed by atoms with van der Waals surface area (Å²) >= 11 is 0. The normalized spacial score (nSPS) is 59.1. The summed E-state index contributed by atoms with van der Waals surface area (Å²) in [6.45, 7) is 9.64. The van der Waals surface area contributed by atoms with Crippen LogP contribution in [0.5, 0.6) is 0 Å². The Labute approximate surface area is 171 Å². The first-order valence-electron chi connectivity index (χ1n) is 12.2. The third-order valence-electron chi connectivity index (χ3n) is 10.9. The van der Waals surface area contributed by atoms with Crippen molar-refractivity contribution in [3.05, 3.63) is 0 Å². The molecule has 0 aromatic heterocycles. The monoisotopic (exact) mass is 388 g/mol. The Balaban J connectivity index is 1.25. The lowest BCUT2D eigenvalue weighted by Crippen LogP contribution is -2.55. The lowest BCUT2D eigenvalue weighted by molar-refractivity contribution is -0.119. The summed E-state index contributed by atoms with van der Waals surface area (Å²) in [4.78, 5) is 5.07. The van der Waals surface area contributed by atoms with Crippen molar-refractivity contribution in [3.63, 3.8) is 0 Å². The number of likely N-dealkylation sites (N-methyl/N-ethyl adjacent to an activating group) is 1. The highest BCUT2D eigenvalue weighted by Crippen LogP contribution is 2.68. The summed E-state index contributed by atoms with van der Waals surface area (Å²) in [6.07, 6.45) is 10.4. The fourth-order valence-electron chi connectivity index (χ4n) is 9.01. The molecule has 1 N–H and O–H groups in total. The first-order valence-corrected chi connectivity index (χ1v) is 12.2. The lowest BCUT2D eigenvalue weighted by Gasteiger charge is -2.59. The van der Waals surface area contributed by atoms with Crippen molar-refractivity contribution in [2.24, 2.45) is 34.5 Å². The van der Waals surface area contributed by atoms with E-state index in [1.165, 1.54) is 44.9 Å². The molecule has 28 heavy (non-hydrogen) atoms. The molecule has 0 amide bonds. The third-order valence-corrected chi connectivity index (χ3v) is 10.9. The van der Waals surface area contributed by atoms with Crippen molar-refractivity contribution >= 4 is 0 Å². The molecule has 2 aliphatic heterocycles. The number of hydrogen-bond donors (Lipinski definition) is 1. The van der Waals surface area contributed by atoms with Gasteiger partial charge in [0.1, 0.15) is 0 Å². The molecule has 0 bridgehead atoms. The molecular formula is C24H40N2O2. The number of piperazine rings is 1. The molecular weight excluding hydrogens is 348 g/mol. The first kappa shape index (κ1) is 18.6. The zero-order chi connectivity index (χ0) is 19.3. The third kappa shape index (κ3) is 2.50. The highest BCUT2D eigenvalue weighted by Gasteiger charge is 2.65. The minimum Gasteiger partial charge on any atom is -0.391 e. The Morgan fingerprint density at radius 2 is 1.68 bits per heavy atom. The van der Waals surface area contributed by atoms with E-state index < -0.39 is 0 Å². The summed E-state index contributed by atoms with van der Waals surface area (Å²) in [6, 6.07) is 0.399. The van der Waals surface area contributed by atoms with Gasteiger partial charge in [-0.05, 0) is 86.5 Å². The zero-order valence-corrected chi connectivity index (χ0v) is 18.1. The number of nitrogens with zero attached hydrogens (tertiary/aromatic N) is 2. The second-order valence-electron chi connectivity index (χ2n) is 11.9. The second-order valence-corrected chi connectivity index (χ2v) is 11.9. The van der Waals surface area contributed by atoms with Gasteiger partial charge in [0.25, 0.3) is 0 Å². The molecule has 4 saturated carbocycles. The second kappa shape index (κ2) is 6.18. The fraction of sp³-hybridized carbons (Fsp3) is 1.00. The number of ether oxygens (including phenoxy) is 1. The van der Waals surface area contributed by atoms with E-state index in [0.29, 0.717) is 23.7 Å². The van der Waals surface area contributed by atoms with Crippen LogP contribution < -0.4 is 0 Å². The van der Waals surface area contributed by atoms with E-state index in [2.05, 4.69) is 30.7 Å². The molecule has 0 aromatic rings. The van der Waals surface area contributed by atoms with Gasteiger partial charge in [0.15, 0.2) is 0 Å². The van der Waals surface area contributed by atoms with Gasteiger partial charge in [-0.3, -0.25) is 4.90 Å². The molecule has 4 heteroatoms. The van der Waals surface area contributed by atoms with Crippen molar-refractivity contribution in [2.75, 3.05) is 33.2 Å². The van der Waals surface area contributed by atoms with Gasteiger partial charge in [-0.25, -0.2) is 0 Å². The average molecular weight is 389 g/mol. The van der Waals surface area contributed by atoms with Crippen molar-refractivity contribution in [1.82, 2.24) is 9.80 Å². The van der Waals surface area contributed by atoms with Gasteiger partial charge in [0.2, 0.25) is 0 Å². The average Bonchev–Trinajstić information content (AvgIpc) is 3.36. The highest BCUT2D eigenvalue weighted by molar-refractivity contribution is 5.15. The van der Waals surface area contributed by atoms with E-state index in [4.69, 9.17) is 4.74 Å². The van der Waals surface area contributed by atoms with Crippen LogP contribution in [0, 0.1) is 34.5 Å². The molecule has 0 spiro atoms. The summed E-state index contributed by atoms with van der Waals surface area (Å²) < 4.78 is 5.99. The van der Waals surface area contributed by atoms with Crippen molar-refractivity contribution in [2.45, 2.75) is 83.1 Å². The number of fused-ring (bicyclic) bond motifs is 6. The Bertz CT molecular complexity index is 634. The molecule has 4 nitrogen and oxygen atoms in total. The van der Waals surface area contributed by atoms with Crippen LogP contribution in [0.3, 0.4) is 0 Å². The highest BCUT2D eigenvalue weighted by atomic mass is 16.6. The number of epoxide rings is 1. The Hall–Kier alpha value is -0.160. The maximum absolute atomic E-state index is 11.5. The van der Waals surface area contributed by atoms with Crippen LogP contribution in [0.15, 0.2) is 0 Å². The quantitative estimate of drug-likeness (QED) is 0.701. The lowest BCUT2D eigenvalue weighted by atomic mass is 9.45. The molecule has 6 rings (SSSR count). The van der Waals surface area contributed by atoms with Crippen LogP contribution >= 0.6 is 0 Å². The van der Waals surface area contributed by atoms with Gasteiger partial charge in [0.05, 0.1) is 18.3 Å². The molecule has 6 aliphatic rings. The number of hydrogen-bond acceptors (Lipinski definition) is 4. The van der Waals surface area contributed by atoms with E-state index in [1.807, 2.05) is 0 Å². The molecule has 2 heterocycles. The molecule has 4 aliphatic carbocycles. The standard InChI is InChI=1S/C24H40N2O2/c1-23-7-6-17-16(5-4-15-12-20-21(28-20)14-24(15,17)2)18(23)13-19(22(23)27)26-10-8-25(3)9-11-26/h15-22,27H,4-14H2,1-3H3/t15?,16-,17-,18+,19?,20?,21?,22?,23+,24+/m1/s1. The minimum absolute atomic E-state index is 0.130. The minimum atomic E-state index is -0.130. The summed E-state index contributed by atoms with van der Waals surface area (Å²) in [5.41, 5.74) is 0.643. The van der Waals surface area contributed by atoms with Crippen LogP contribution in [0.25, 0.3) is 0 Å². The van der Waals surface area contributed by atoms with Gasteiger partial charge >= 0.3 is 0 Å². The molecule has 10 atom stereocenters. The first-order chi connectivity index (χ1) is 13.4.